The zero-order valence-corrected chi connectivity index (χ0v) is 26.0. The van der Waals surface area contributed by atoms with Gasteiger partial charge in [-0.2, -0.15) is 0 Å². The van der Waals surface area contributed by atoms with Crippen LogP contribution in [0.5, 0.6) is 0 Å². The highest BCUT2D eigenvalue weighted by molar-refractivity contribution is 5.81. The van der Waals surface area contributed by atoms with Gasteiger partial charge in [0.1, 0.15) is 23.0 Å². The molecular weight excluding hydrogens is 604 g/mol. The average molecular weight is 651 g/mol. The summed E-state index contributed by atoms with van der Waals surface area (Å²) in [5, 5.41) is 35.4. The van der Waals surface area contributed by atoms with Gasteiger partial charge in [-0.25, -0.2) is 20.2 Å². The summed E-state index contributed by atoms with van der Waals surface area (Å²) in [4.78, 5) is 58.2. The van der Waals surface area contributed by atoms with Gasteiger partial charge in [-0.05, 0) is 31.2 Å². The molecule has 0 heterocycles. The lowest BCUT2D eigenvalue weighted by Crippen LogP contribution is -2.49. The Hall–Kier alpha value is -5.03. The van der Waals surface area contributed by atoms with Gasteiger partial charge in [-0.15, -0.1) is 0 Å². The number of benzene rings is 1. The Morgan fingerprint density at radius 1 is 0.717 bits per heavy atom. The lowest BCUT2D eigenvalue weighted by molar-refractivity contribution is -0.485. The standard InChI is InChI=1S/C28H46N10O8/c29-27(35-37(42)43)31-18-12-5-2-1-3-10-16-24(39)33-23(20-26(41)46-21-22-14-8-7-9-15-22)34-25(40)17-11-4-6-13-19-32-28(30)36-38(44)45/h7-9,14-15,23H,1-6,10-13,16-21H2,(H,33,39)(H,34,40)(H3,29,31,35)(H3,30,32,36)/t23-/m1/s1. The van der Waals surface area contributed by atoms with Gasteiger partial charge >= 0.3 is 5.97 Å². The van der Waals surface area contributed by atoms with Crippen LogP contribution in [0.15, 0.2) is 40.5 Å². The number of nitrogens with zero attached hydrogens (tertiary/aromatic N) is 4. The minimum Gasteiger partial charge on any atom is -0.461 e. The highest BCUT2D eigenvalue weighted by Gasteiger charge is 2.19. The lowest BCUT2D eigenvalue weighted by Gasteiger charge is -2.20. The molecule has 18 heteroatoms. The van der Waals surface area contributed by atoms with Crippen molar-refractivity contribution < 1.29 is 29.2 Å². The van der Waals surface area contributed by atoms with Crippen LogP contribution in [-0.4, -0.2) is 59.0 Å². The second kappa shape index (κ2) is 24.3. The normalized spacial score (nSPS) is 12.1. The third kappa shape index (κ3) is 22.5. The second-order valence-corrected chi connectivity index (χ2v) is 10.4. The molecule has 0 aliphatic rings. The van der Waals surface area contributed by atoms with E-state index in [4.69, 9.17) is 16.2 Å². The third-order valence-corrected chi connectivity index (χ3v) is 6.44. The van der Waals surface area contributed by atoms with E-state index in [0.717, 1.165) is 50.5 Å². The molecular formula is C28H46N10O8. The van der Waals surface area contributed by atoms with Crippen LogP contribution in [0.4, 0.5) is 0 Å². The summed E-state index contributed by atoms with van der Waals surface area (Å²) >= 11 is 0. The zero-order chi connectivity index (χ0) is 34.0. The number of carbonyl (C=O) groups is 3. The van der Waals surface area contributed by atoms with Crippen LogP contribution < -0.4 is 32.7 Å². The van der Waals surface area contributed by atoms with Gasteiger partial charge in [0.15, 0.2) is 10.1 Å². The molecule has 2 amide bonds. The Labute approximate surface area is 267 Å². The number of hydrazone groups is 2. The van der Waals surface area contributed by atoms with Crippen LogP contribution in [0.1, 0.15) is 89.0 Å². The maximum Gasteiger partial charge on any atom is 0.310 e. The number of guanidine groups is 2. The number of nitro groups is 2. The number of esters is 1. The van der Waals surface area contributed by atoms with Crippen molar-refractivity contribution >= 4 is 29.7 Å². The van der Waals surface area contributed by atoms with Crippen molar-refractivity contribution in [2.24, 2.45) is 21.7 Å². The monoisotopic (exact) mass is 650 g/mol. The fraction of sp³-hybridized carbons (Fsp3) is 0.607. The Bertz CT molecular complexity index is 1150. The Morgan fingerprint density at radius 2 is 1.15 bits per heavy atom. The van der Waals surface area contributed by atoms with Gasteiger partial charge in [-0.1, -0.05) is 68.9 Å². The maximum absolute atomic E-state index is 12.6. The summed E-state index contributed by atoms with van der Waals surface area (Å²) in [6.45, 7) is 0.955. The van der Waals surface area contributed by atoms with Gasteiger partial charge < -0.3 is 37.5 Å². The van der Waals surface area contributed by atoms with Crippen molar-refractivity contribution in [3.63, 3.8) is 0 Å². The molecule has 0 bridgehead atoms. The highest BCUT2D eigenvalue weighted by atomic mass is 16.7. The van der Waals surface area contributed by atoms with Crippen LogP contribution in [0.2, 0.25) is 0 Å². The molecule has 1 atom stereocenters. The number of carbonyl (C=O) groups excluding carboxylic acids is 3. The van der Waals surface area contributed by atoms with Crippen molar-refractivity contribution in [1.29, 1.82) is 0 Å². The Morgan fingerprint density at radius 3 is 1.61 bits per heavy atom. The minimum absolute atomic E-state index is 0.0720. The van der Waals surface area contributed by atoms with Gasteiger partial charge in [0.05, 0.1) is 6.42 Å². The number of nitrogens with one attached hydrogen (secondary N) is 4. The smallest absolute Gasteiger partial charge is 0.310 e. The number of amides is 2. The lowest BCUT2D eigenvalue weighted by atomic mass is 10.1. The van der Waals surface area contributed by atoms with Crippen molar-refractivity contribution in [2.45, 2.75) is 96.2 Å². The first-order valence-electron chi connectivity index (χ1n) is 15.3. The van der Waals surface area contributed by atoms with E-state index in [0.29, 0.717) is 32.4 Å². The van der Waals surface area contributed by atoms with E-state index < -0.39 is 22.2 Å². The van der Waals surface area contributed by atoms with E-state index in [1.165, 1.54) is 0 Å². The predicted octanol–water partition coefficient (Wildman–Crippen LogP) is 1.55. The molecule has 1 aromatic rings. The maximum atomic E-state index is 12.6. The number of unbranched alkanes of at least 4 members (excludes halogenated alkanes) is 8. The fourth-order valence-corrected chi connectivity index (χ4v) is 4.20. The molecule has 0 unspecified atom stereocenters. The summed E-state index contributed by atoms with van der Waals surface area (Å²) in [5.74, 6) is -1.67. The molecule has 0 aliphatic heterocycles. The van der Waals surface area contributed by atoms with Gasteiger partial charge in [0.25, 0.3) is 11.9 Å². The SMILES string of the molecule is N/C(=N/[N+](=O)[O-])NCCCCCCC(=O)N[C@H](CC(=O)OCc1ccccc1)NC(=O)CCCCCCCCN/C(N)=N/[N+](=O)[O-]. The Balaban J connectivity index is 2.40. The van der Waals surface area contributed by atoms with Gasteiger partial charge in [0.2, 0.25) is 11.8 Å². The minimum atomic E-state index is -0.921. The molecule has 256 valence electrons. The summed E-state index contributed by atoms with van der Waals surface area (Å²) < 4.78 is 5.33. The first kappa shape index (κ1) is 39.0. The molecule has 0 aromatic heterocycles. The molecule has 1 rings (SSSR count). The van der Waals surface area contributed by atoms with Crippen molar-refractivity contribution in [3.05, 3.63) is 56.1 Å². The number of hydrogen-bond donors (Lipinski definition) is 6. The van der Waals surface area contributed by atoms with Gasteiger partial charge in [-0.3, -0.25) is 14.4 Å². The number of rotatable bonds is 24. The van der Waals surface area contributed by atoms with E-state index in [9.17, 15) is 34.6 Å². The van der Waals surface area contributed by atoms with Crippen molar-refractivity contribution in [3.8, 4) is 0 Å². The van der Waals surface area contributed by atoms with Crippen LogP contribution in [0, 0.1) is 20.2 Å². The first-order chi connectivity index (χ1) is 22.0. The summed E-state index contributed by atoms with van der Waals surface area (Å²) in [7, 11) is 0. The van der Waals surface area contributed by atoms with Gasteiger partial charge in [0, 0.05) is 25.9 Å². The molecule has 0 fully saturated rings. The molecule has 0 radical (unpaired) electrons. The van der Waals surface area contributed by atoms with Crippen molar-refractivity contribution in [2.75, 3.05) is 13.1 Å². The molecule has 0 spiro atoms. The first-order valence-corrected chi connectivity index (χ1v) is 15.3. The number of hydrogen-bond acceptors (Lipinski definition) is 8. The molecule has 1 aromatic carbocycles. The number of ether oxygens (including phenoxy) is 1. The van der Waals surface area contributed by atoms with Crippen LogP contribution in [0.25, 0.3) is 0 Å². The number of nitrogens with two attached hydrogens (primary N) is 2. The average Bonchev–Trinajstić information content (AvgIpc) is 2.98. The molecule has 0 saturated heterocycles. The van der Waals surface area contributed by atoms with Crippen LogP contribution >= 0.6 is 0 Å². The molecule has 8 N–H and O–H groups in total. The van der Waals surface area contributed by atoms with E-state index in [1.54, 1.807) is 0 Å². The summed E-state index contributed by atoms with van der Waals surface area (Å²) in [6.07, 6.45) is 6.89. The summed E-state index contributed by atoms with van der Waals surface area (Å²) in [6, 6.07) is 9.15. The predicted molar refractivity (Wildman–Crippen MR) is 170 cm³/mol. The molecule has 0 aliphatic carbocycles. The zero-order valence-electron chi connectivity index (χ0n) is 26.0. The topological polar surface area (TPSA) is 272 Å². The van der Waals surface area contributed by atoms with E-state index in [1.807, 2.05) is 30.3 Å². The molecule has 0 saturated carbocycles. The third-order valence-electron chi connectivity index (χ3n) is 6.44. The highest BCUT2D eigenvalue weighted by Crippen LogP contribution is 2.08. The Kier molecular flexibility index (Phi) is 20.6. The largest absolute Gasteiger partial charge is 0.461 e. The van der Waals surface area contributed by atoms with E-state index in [2.05, 4.69) is 31.5 Å². The summed E-state index contributed by atoms with van der Waals surface area (Å²) in [5.41, 5.74) is 11.5. The van der Waals surface area contributed by atoms with Crippen LogP contribution in [0.3, 0.4) is 0 Å². The molecule has 18 nitrogen and oxygen atoms in total. The van der Waals surface area contributed by atoms with Crippen molar-refractivity contribution in [1.82, 2.24) is 21.3 Å². The van der Waals surface area contributed by atoms with Crippen LogP contribution in [-0.2, 0) is 25.7 Å². The second-order valence-electron chi connectivity index (χ2n) is 10.4. The fourth-order valence-electron chi connectivity index (χ4n) is 4.20. The van der Waals surface area contributed by atoms with E-state index in [-0.39, 0.29) is 49.6 Å². The quantitative estimate of drug-likeness (QED) is 0.0177. The molecule has 46 heavy (non-hydrogen) atoms. The van der Waals surface area contributed by atoms with E-state index >= 15 is 0 Å².